The zero-order chi connectivity index (χ0) is 25.2. The molecule has 5 rings (SSSR count). The number of aryl methyl sites for hydroxylation is 1. The van der Waals surface area contributed by atoms with E-state index in [4.69, 9.17) is 9.47 Å². The Morgan fingerprint density at radius 1 is 1.14 bits per heavy atom. The summed E-state index contributed by atoms with van der Waals surface area (Å²) in [5.41, 5.74) is 1.92. The van der Waals surface area contributed by atoms with Crippen LogP contribution in [0.3, 0.4) is 0 Å². The van der Waals surface area contributed by atoms with Crippen molar-refractivity contribution in [1.29, 1.82) is 0 Å². The average molecular weight is 503 g/mol. The molecule has 0 spiro atoms. The number of carbonyl (C=O) groups excluding carboxylic acids is 1. The van der Waals surface area contributed by atoms with Gasteiger partial charge in [0.15, 0.2) is 0 Å². The topological polar surface area (TPSA) is 90.1 Å². The molecule has 0 aliphatic heterocycles. The van der Waals surface area contributed by atoms with E-state index < -0.39 is 11.5 Å². The third-order valence-electron chi connectivity index (χ3n) is 6.33. The quantitative estimate of drug-likeness (QED) is 0.275. The van der Waals surface area contributed by atoms with Gasteiger partial charge in [0.05, 0.1) is 30.5 Å². The van der Waals surface area contributed by atoms with Crippen molar-refractivity contribution in [2.75, 3.05) is 13.7 Å². The first-order valence-electron chi connectivity index (χ1n) is 11.9. The Bertz CT molecular complexity index is 1550. The van der Waals surface area contributed by atoms with Crippen molar-refractivity contribution in [2.24, 2.45) is 4.99 Å². The van der Waals surface area contributed by atoms with Crippen LogP contribution in [0.5, 0.6) is 11.6 Å². The van der Waals surface area contributed by atoms with Gasteiger partial charge in [0.1, 0.15) is 10.8 Å². The second kappa shape index (κ2) is 9.99. The number of aliphatic imine (C=N–C) groups is 1. The Hall–Kier alpha value is -3.91. The number of aromatic nitrogens is 1. The molecule has 1 N–H and O–H groups in total. The van der Waals surface area contributed by atoms with Crippen LogP contribution in [0.25, 0.3) is 15.8 Å². The number of aromatic hydroxyl groups is 1. The van der Waals surface area contributed by atoms with E-state index in [0.717, 1.165) is 36.1 Å². The molecule has 36 heavy (non-hydrogen) atoms. The smallest absolute Gasteiger partial charge is 0.341 e. The van der Waals surface area contributed by atoms with Crippen LogP contribution in [0.1, 0.15) is 46.1 Å². The molecule has 2 heterocycles. The highest BCUT2D eigenvalue weighted by Gasteiger charge is 2.30. The molecule has 4 aromatic rings. The lowest BCUT2D eigenvalue weighted by Crippen LogP contribution is -2.22. The Kier molecular flexibility index (Phi) is 6.61. The summed E-state index contributed by atoms with van der Waals surface area (Å²) >= 11 is 1.38. The predicted octanol–water partition coefficient (Wildman–Crippen LogP) is 5.57. The summed E-state index contributed by atoms with van der Waals surface area (Å²) in [7, 11) is 1.58. The third kappa shape index (κ3) is 4.18. The molecule has 0 amide bonds. The van der Waals surface area contributed by atoms with Crippen molar-refractivity contribution in [3.63, 3.8) is 0 Å². The van der Waals surface area contributed by atoms with Crippen LogP contribution in [-0.4, -0.2) is 35.6 Å². The number of fused-ring (bicyclic) bond motifs is 2. The second-order valence-corrected chi connectivity index (χ2v) is 9.58. The van der Waals surface area contributed by atoms with Crippen LogP contribution in [0, 0.1) is 0 Å². The monoisotopic (exact) mass is 502 g/mol. The van der Waals surface area contributed by atoms with Gasteiger partial charge in [-0.3, -0.25) is 9.79 Å². The summed E-state index contributed by atoms with van der Waals surface area (Å²) in [5, 5.41) is 12.9. The molecule has 0 bridgehead atoms. The maximum atomic E-state index is 13.7. The second-order valence-electron chi connectivity index (χ2n) is 8.49. The highest BCUT2D eigenvalue weighted by Crippen LogP contribution is 2.39. The van der Waals surface area contributed by atoms with Gasteiger partial charge in [-0.15, -0.1) is 11.3 Å². The number of esters is 1. The van der Waals surface area contributed by atoms with Crippen molar-refractivity contribution in [3.05, 3.63) is 80.5 Å². The number of thiophene rings is 1. The normalized spacial score (nSPS) is 13.2. The fraction of sp³-hybridized carbons (Fsp3) is 0.250. The standard InChI is InChI=1S/C28H26N2O5S/c1-3-35-28(33)24-21-13-6-7-14-23(21)36-27(24)30-25(31)20-12-5-4-11-19(20)22(26(30)32)16-29-17-9-8-10-18(15-17)34-2/h4-5,8-12,15-16,32H,3,6-7,13-14H2,1-2H3. The van der Waals surface area contributed by atoms with Crippen LogP contribution in [0.2, 0.25) is 0 Å². The molecule has 7 nitrogen and oxygen atoms in total. The van der Waals surface area contributed by atoms with E-state index in [9.17, 15) is 14.7 Å². The molecule has 1 aliphatic carbocycles. The predicted molar refractivity (Wildman–Crippen MR) is 142 cm³/mol. The van der Waals surface area contributed by atoms with E-state index >= 15 is 0 Å². The van der Waals surface area contributed by atoms with Gasteiger partial charge in [-0.25, -0.2) is 9.36 Å². The summed E-state index contributed by atoms with van der Waals surface area (Å²) in [4.78, 5) is 32.4. The Morgan fingerprint density at radius 3 is 2.69 bits per heavy atom. The largest absolute Gasteiger partial charge is 0.497 e. The summed E-state index contributed by atoms with van der Waals surface area (Å²) in [6.45, 7) is 1.98. The van der Waals surface area contributed by atoms with Crippen molar-refractivity contribution >= 4 is 40.0 Å². The number of hydrogen-bond acceptors (Lipinski definition) is 7. The van der Waals surface area contributed by atoms with Gasteiger partial charge in [-0.05, 0) is 56.4 Å². The molecule has 1 aliphatic rings. The molecule has 0 atom stereocenters. The van der Waals surface area contributed by atoms with Crippen LogP contribution in [0.15, 0.2) is 58.3 Å². The Balaban J connectivity index is 1.76. The number of carbonyl (C=O) groups is 1. The van der Waals surface area contributed by atoms with Gasteiger partial charge in [0.25, 0.3) is 5.56 Å². The van der Waals surface area contributed by atoms with Crippen molar-refractivity contribution in [2.45, 2.75) is 32.6 Å². The molecular weight excluding hydrogens is 476 g/mol. The first-order chi connectivity index (χ1) is 17.5. The van der Waals surface area contributed by atoms with Gasteiger partial charge in [0.2, 0.25) is 5.88 Å². The minimum atomic E-state index is -0.474. The molecule has 2 aromatic heterocycles. The van der Waals surface area contributed by atoms with Gasteiger partial charge in [0, 0.05) is 27.9 Å². The van der Waals surface area contributed by atoms with Crippen molar-refractivity contribution < 1.29 is 19.4 Å². The third-order valence-corrected chi connectivity index (χ3v) is 7.61. The van der Waals surface area contributed by atoms with Crippen LogP contribution in [0.4, 0.5) is 5.69 Å². The van der Waals surface area contributed by atoms with Crippen molar-refractivity contribution in [1.82, 2.24) is 4.57 Å². The summed E-state index contributed by atoms with van der Waals surface area (Å²) in [6.07, 6.45) is 5.10. The van der Waals surface area contributed by atoms with E-state index in [2.05, 4.69) is 4.99 Å². The molecule has 0 radical (unpaired) electrons. The van der Waals surface area contributed by atoms with Crippen LogP contribution >= 0.6 is 11.3 Å². The number of hydrogen-bond donors (Lipinski definition) is 1. The molecular formula is C28H26N2O5S. The van der Waals surface area contributed by atoms with Gasteiger partial charge in [-0.2, -0.15) is 0 Å². The fourth-order valence-electron chi connectivity index (χ4n) is 4.63. The maximum absolute atomic E-state index is 13.7. The highest BCUT2D eigenvalue weighted by molar-refractivity contribution is 7.15. The SMILES string of the molecule is CCOC(=O)c1c(-n2c(O)c(C=Nc3cccc(OC)c3)c3ccccc3c2=O)sc2c1CCCC2. The molecule has 0 unspecified atom stereocenters. The minimum absolute atomic E-state index is 0.222. The zero-order valence-electron chi connectivity index (χ0n) is 20.1. The molecule has 0 fully saturated rings. The molecule has 2 aromatic carbocycles. The number of rotatable bonds is 6. The molecule has 184 valence electrons. The number of methoxy groups -OCH3 is 1. The van der Waals surface area contributed by atoms with Gasteiger partial charge >= 0.3 is 5.97 Å². The maximum Gasteiger partial charge on any atom is 0.341 e. The number of nitrogens with zero attached hydrogens (tertiary/aromatic N) is 2. The minimum Gasteiger partial charge on any atom is -0.497 e. The lowest BCUT2D eigenvalue weighted by molar-refractivity contribution is 0.0525. The lowest BCUT2D eigenvalue weighted by atomic mass is 9.95. The number of benzene rings is 2. The van der Waals surface area contributed by atoms with Crippen molar-refractivity contribution in [3.8, 4) is 16.6 Å². The molecule has 0 saturated heterocycles. The first-order valence-corrected chi connectivity index (χ1v) is 12.7. The summed E-state index contributed by atoms with van der Waals surface area (Å²) in [5.74, 6) is -0.0839. The van der Waals surface area contributed by atoms with E-state index in [1.54, 1.807) is 44.5 Å². The molecule has 0 saturated carbocycles. The van der Waals surface area contributed by atoms with E-state index in [-0.39, 0.29) is 12.5 Å². The molecule has 8 heteroatoms. The van der Waals surface area contributed by atoms with Gasteiger partial charge < -0.3 is 14.6 Å². The highest BCUT2D eigenvalue weighted by atomic mass is 32.1. The Labute approximate surface area is 212 Å². The summed E-state index contributed by atoms with van der Waals surface area (Å²) < 4.78 is 11.9. The number of ether oxygens (including phenoxy) is 2. The fourth-order valence-corrected chi connectivity index (χ4v) is 6.01. The van der Waals surface area contributed by atoms with E-state index in [0.29, 0.717) is 38.3 Å². The first kappa shape index (κ1) is 23.8. The summed E-state index contributed by atoms with van der Waals surface area (Å²) in [6, 6.07) is 14.3. The van der Waals surface area contributed by atoms with Gasteiger partial charge in [-0.1, -0.05) is 24.3 Å². The zero-order valence-corrected chi connectivity index (χ0v) is 20.9. The number of pyridine rings is 1. The van der Waals surface area contributed by atoms with E-state index in [1.165, 1.54) is 15.9 Å². The van der Waals surface area contributed by atoms with Crippen LogP contribution < -0.4 is 10.3 Å². The van der Waals surface area contributed by atoms with E-state index in [1.807, 2.05) is 24.3 Å². The average Bonchev–Trinajstić information content (AvgIpc) is 3.28. The Morgan fingerprint density at radius 2 is 1.92 bits per heavy atom. The lowest BCUT2D eigenvalue weighted by Gasteiger charge is -2.15. The van der Waals surface area contributed by atoms with Crippen LogP contribution in [-0.2, 0) is 17.6 Å².